The summed E-state index contributed by atoms with van der Waals surface area (Å²) >= 11 is 5.02. The number of hydrogen-bond acceptors (Lipinski definition) is 8. The van der Waals surface area contributed by atoms with Crippen LogP contribution < -0.4 is 5.32 Å². The highest BCUT2D eigenvalue weighted by molar-refractivity contribution is 9.10. The van der Waals surface area contributed by atoms with Crippen LogP contribution in [0.5, 0.6) is 0 Å². The maximum Gasteiger partial charge on any atom is 0.338 e. The second kappa shape index (κ2) is 13.1. The number of nitrogens with zero attached hydrogens (tertiary/aromatic N) is 2. The molecule has 0 aromatic heterocycles. The van der Waals surface area contributed by atoms with Gasteiger partial charge in [0.25, 0.3) is 0 Å². The summed E-state index contributed by atoms with van der Waals surface area (Å²) < 4.78 is 25.6. The molecule has 1 aromatic carbocycles. The van der Waals surface area contributed by atoms with Gasteiger partial charge >= 0.3 is 11.9 Å². The maximum absolute atomic E-state index is 14.0. The van der Waals surface area contributed by atoms with Gasteiger partial charge in [-0.3, -0.25) is 14.7 Å². The van der Waals surface area contributed by atoms with Crippen molar-refractivity contribution in [2.45, 2.75) is 38.8 Å². The molecule has 3 aliphatic heterocycles. The molecular formula is C27H31BrFN3O5S. The summed E-state index contributed by atoms with van der Waals surface area (Å²) in [5.74, 6) is -0.830. The summed E-state index contributed by atoms with van der Waals surface area (Å²) in [7, 11) is 0. The number of carboxylic acids is 1. The Bertz CT molecular complexity index is 1200. The van der Waals surface area contributed by atoms with Gasteiger partial charge in [0, 0.05) is 34.7 Å². The lowest BCUT2D eigenvalue weighted by molar-refractivity contribution is -0.142. The Morgan fingerprint density at radius 3 is 2.95 bits per heavy atom. The molecule has 4 rings (SSSR count). The minimum atomic E-state index is -0.922. The van der Waals surface area contributed by atoms with Crippen molar-refractivity contribution in [2.75, 3.05) is 32.8 Å². The lowest BCUT2D eigenvalue weighted by Crippen LogP contribution is -2.47. The van der Waals surface area contributed by atoms with Gasteiger partial charge < -0.3 is 19.9 Å². The van der Waals surface area contributed by atoms with Crippen LogP contribution in [0.2, 0.25) is 0 Å². The molecule has 2 N–H and O–H groups in total. The molecule has 11 heteroatoms. The zero-order chi connectivity index (χ0) is 27.2. The van der Waals surface area contributed by atoms with E-state index in [-0.39, 0.29) is 13.0 Å². The zero-order valence-electron chi connectivity index (χ0n) is 21.3. The number of nitrogens with one attached hydrogen (secondary N) is 1. The van der Waals surface area contributed by atoms with Crippen LogP contribution in [-0.2, 0) is 19.1 Å². The molecule has 0 spiro atoms. The number of rotatable bonds is 8. The fourth-order valence-corrected chi connectivity index (χ4v) is 6.00. The second-order valence-corrected chi connectivity index (χ2v) is 11.1. The second-order valence-electron chi connectivity index (χ2n) is 9.34. The molecule has 0 bridgehead atoms. The molecule has 1 aromatic rings. The predicted octanol–water partition coefficient (Wildman–Crippen LogP) is 4.79. The van der Waals surface area contributed by atoms with E-state index in [0.29, 0.717) is 59.3 Å². The first kappa shape index (κ1) is 28.5. The molecule has 0 aliphatic carbocycles. The number of allylic oxidation sites excluding steroid dienone is 2. The van der Waals surface area contributed by atoms with Crippen molar-refractivity contribution in [2.24, 2.45) is 10.9 Å². The van der Waals surface area contributed by atoms with Gasteiger partial charge in [0.2, 0.25) is 0 Å². The highest BCUT2D eigenvalue weighted by atomic mass is 79.9. The quantitative estimate of drug-likeness (QED) is 0.407. The number of carbonyl (C=O) groups is 2. The third-order valence-corrected chi connectivity index (χ3v) is 7.99. The largest absolute Gasteiger partial charge is 0.481 e. The Hall–Kier alpha value is -2.47. The highest BCUT2D eigenvalue weighted by Crippen LogP contribution is 2.38. The van der Waals surface area contributed by atoms with Crippen molar-refractivity contribution >= 4 is 45.5 Å². The number of aliphatic imine (C=N–C) groups is 1. The molecule has 0 radical (unpaired) electrons. The normalized spacial score (nSPS) is 24.3. The number of ether oxygens (including phenoxy) is 2. The molecular weight excluding hydrogens is 577 g/mol. The average molecular weight is 609 g/mol. The van der Waals surface area contributed by atoms with Crippen LogP contribution in [0.4, 0.5) is 4.39 Å². The van der Waals surface area contributed by atoms with E-state index in [2.05, 4.69) is 45.2 Å². The van der Waals surface area contributed by atoms with E-state index >= 15 is 0 Å². The number of thioether (sulfide) groups is 1. The van der Waals surface area contributed by atoms with Crippen molar-refractivity contribution < 1.29 is 28.6 Å². The number of benzene rings is 1. The molecule has 38 heavy (non-hydrogen) atoms. The smallest absolute Gasteiger partial charge is 0.338 e. The Morgan fingerprint density at radius 2 is 2.21 bits per heavy atom. The number of carbonyl (C=O) groups excluding carboxylic acids is 1. The first-order valence-electron chi connectivity index (χ1n) is 12.5. The van der Waals surface area contributed by atoms with E-state index in [9.17, 15) is 19.1 Å². The summed E-state index contributed by atoms with van der Waals surface area (Å²) in [5.41, 5.74) is 1.60. The van der Waals surface area contributed by atoms with E-state index in [1.807, 2.05) is 5.41 Å². The monoisotopic (exact) mass is 607 g/mol. The first-order valence-corrected chi connectivity index (χ1v) is 14.2. The van der Waals surface area contributed by atoms with Crippen LogP contribution in [0.15, 0.2) is 61.4 Å². The van der Waals surface area contributed by atoms with Crippen molar-refractivity contribution in [1.82, 2.24) is 10.2 Å². The Labute approximate surface area is 234 Å². The van der Waals surface area contributed by atoms with Crippen LogP contribution in [0, 0.1) is 11.7 Å². The van der Waals surface area contributed by atoms with Crippen molar-refractivity contribution in [3.05, 3.63) is 67.8 Å². The number of aliphatic carboxylic acids is 1. The van der Waals surface area contributed by atoms with Crippen LogP contribution in [0.3, 0.4) is 0 Å². The van der Waals surface area contributed by atoms with Gasteiger partial charge in [0.05, 0.1) is 31.3 Å². The fraction of sp³-hybridized carbons (Fsp3) is 0.444. The lowest BCUT2D eigenvalue weighted by atomic mass is 9.95. The average Bonchev–Trinajstić information content (AvgIpc) is 3.08. The van der Waals surface area contributed by atoms with Gasteiger partial charge in [-0.25, -0.2) is 9.18 Å². The van der Waals surface area contributed by atoms with Gasteiger partial charge in [0.15, 0.2) is 0 Å². The molecule has 0 amide bonds. The zero-order valence-corrected chi connectivity index (χ0v) is 23.7. The number of amidine groups is 1. The number of esters is 1. The number of hydrogen-bond donors (Lipinski definition) is 2. The Kier molecular flexibility index (Phi) is 9.80. The van der Waals surface area contributed by atoms with Crippen molar-refractivity contribution in [3.63, 3.8) is 0 Å². The van der Waals surface area contributed by atoms with Gasteiger partial charge in [0.1, 0.15) is 17.7 Å². The number of carboxylic acid groups (broad SMARTS) is 1. The Balaban J connectivity index is 1.76. The first-order chi connectivity index (χ1) is 18.2. The highest BCUT2D eigenvalue weighted by Gasteiger charge is 2.35. The van der Waals surface area contributed by atoms with E-state index < -0.39 is 29.9 Å². The topological polar surface area (TPSA) is 100 Å². The van der Waals surface area contributed by atoms with E-state index in [4.69, 9.17) is 14.5 Å². The van der Waals surface area contributed by atoms with Crippen LogP contribution in [0.1, 0.15) is 38.3 Å². The SMILES string of the molecule is CCOC(=O)C1=C(CN2CCOC(CC(=O)O)C2)NC(C2=CC[C@@H](C)C=CS2)=NC1c1ccc(F)cc1Br. The van der Waals surface area contributed by atoms with Gasteiger partial charge in [-0.1, -0.05) is 52.8 Å². The van der Waals surface area contributed by atoms with Crippen LogP contribution >= 0.6 is 27.7 Å². The minimum absolute atomic E-state index is 0.0976. The van der Waals surface area contributed by atoms with E-state index in [1.54, 1.807) is 24.8 Å². The van der Waals surface area contributed by atoms with Crippen molar-refractivity contribution in [3.8, 4) is 0 Å². The molecule has 3 aliphatic rings. The van der Waals surface area contributed by atoms with Crippen molar-refractivity contribution in [1.29, 1.82) is 0 Å². The van der Waals surface area contributed by atoms with Gasteiger partial charge in [-0.2, -0.15) is 0 Å². The standard InChI is InChI=1S/C27H31BrFN3O5S/c1-3-36-27(35)24-21(15-32-9-10-37-18(14-32)13-23(33)34)30-26(22-7-4-16(2)8-11-38-22)31-25(24)19-6-5-17(29)12-20(19)28/h5-8,11-12,16,18,25H,3-4,9-10,13-15H2,1-2H3,(H,30,31)(H,33,34)/t16-,18?,25?/m1/s1. The fourth-order valence-electron chi connectivity index (χ4n) is 4.53. The molecule has 204 valence electrons. The molecule has 3 heterocycles. The number of morpholine rings is 1. The third-order valence-electron chi connectivity index (χ3n) is 6.40. The van der Waals surface area contributed by atoms with E-state index in [1.165, 1.54) is 12.1 Å². The third kappa shape index (κ3) is 7.13. The summed E-state index contributed by atoms with van der Waals surface area (Å²) in [6.07, 6.45) is 4.57. The van der Waals surface area contributed by atoms with Crippen LogP contribution in [-0.4, -0.2) is 66.7 Å². The molecule has 0 saturated carbocycles. The van der Waals surface area contributed by atoms with Gasteiger partial charge in [-0.15, -0.1) is 0 Å². The molecule has 3 atom stereocenters. The summed E-state index contributed by atoms with van der Waals surface area (Å²) in [4.78, 5) is 32.6. The number of halogens is 2. The molecule has 2 unspecified atom stereocenters. The maximum atomic E-state index is 14.0. The summed E-state index contributed by atoms with van der Waals surface area (Å²) in [5, 5.41) is 14.7. The molecule has 8 nitrogen and oxygen atoms in total. The summed E-state index contributed by atoms with van der Waals surface area (Å²) in [6, 6.07) is 3.60. The Morgan fingerprint density at radius 1 is 1.39 bits per heavy atom. The lowest BCUT2D eigenvalue weighted by Gasteiger charge is -2.35. The van der Waals surface area contributed by atoms with Crippen LogP contribution in [0.25, 0.3) is 0 Å². The van der Waals surface area contributed by atoms with Gasteiger partial charge in [-0.05, 0) is 42.4 Å². The molecule has 1 fully saturated rings. The summed E-state index contributed by atoms with van der Waals surface area (Å²) in [6.45, 7) is 5.77. The van der Waals surface area contributed by atoms with E-state index in [0.717, 1.165) is 11.3 Å². The molecule has 1 saturated heterocycles. The predicted molar refractivity (Wildman–Crippen MR) is 148 cm³/mol. The minimum Gasteiger partial charge on any atom is -0.481 e.